The van der Waals surface area contributed by atoms with Crippen molar-refractivity contribution in [2.24, 2.45) is 0 Å². The highest BCUT2D eigenvalue weighted by atomic mass is 16.5. The lowest BCUT2D eigenvalue weighted by atomic mass is 10.00. The molecule has 0 N–H and O–H groups in total. The van der Waals surface area contributed by atoms with Gasteiger partial charge in [0.05, 0.1) is 18.4 Å². The van der Waals surface area contributed by atoms with Gasteiger partial charge in [-0.3, -0.25) is 0 Å². The Balaban J connectivity index is 1.68. The van der Waals surface area contributed by atoms with Gasteiger partial charge in [-0.15, -0.1) is 0 Å². The van der Waals surface area contributed by atoms with Crippen LogP contribution in [0.15, 0.2) is 54.6 Å². The van der Waals surface area contributed by atoms with E-state index in [1.807, 2.05) is 29.6 Å². The zero-order valence-corrected chi connectivity index (χ0v) is 17.0. The number of nitrogens with zero attached hydrogens (tertiary/aromatic N) is 4. The molecule has 3 heterocycles. The van der Waals surface area contributed by atoms with Crippen molar-refractivity contribution in [3.63, 3.8) is 0 Å². The zero-order valence-electron chi connectivity index (χ0n) is 17.0. The van der Waals surface area contributed by atoms with Crippen molar-refractivity contribution in [1.29, 1.82) is 0 Å². The second kappa shape index (κ2) is 6.92. The average molecular weight is 384 g/mol. The average Bonchev–Trinajstić information content (AvgIpc) is 3.08. The van der Waals surface area contributed by atoms with Crippen LogP contribution in [-0.2, 0) is 13.0 Å². The molecule has 0 amide bonds. The highest BCUT2D eigenvalue weighted by molar-refractivity contribution is 5.84. The largest absolute Gasteiger partial charge is 0.496 e. The number of rotatable bonds is 3. The van der Waals surface area contributed by atoms with Crippen molar-refractivity contribution >= 4 is 11.5 Å². The number of ether oxygens (including phenoxy) is 1. The van der Waals surface area contributed by atoms with E-state index in [0.717, 1.165) is 59.2 Å². The van der Waals surface area contributed by atoms with E-state index in [-0.39, 0.29) is 0 Å². The summed E-state index contributed by atoms with van der Waals surface area (Å²) in [6.45, 7) is 5.95. The van der Waals surface area contributed by atoms with Gasteiger partial charge in [0, 0.05) is 30.4 Å². The topological polar surface area (TPSA) is 42.7 Å². The lowest BCUT2D eigenvalue weighted by Crippen LogP contribution is -2.32. The number of benzene rings is 2. The van der Waals surface area contributed by atoms with Crippen LogP contribution in [0.3, 0.4) is 0 Å². The Kier molecular flexibility index (Phi) is 4.23. The van der Waals surface area contributed by atoms with Crippen LogP contribution >= 0.6 is 0 Å². The van der Waals surface area contributed by atoms with Crippen LogP contribution < -0.4 is 9.64 Å². The van der Waals surface area contributed by atoms with Gasteiger partial charge in [-0.2, -0.15) is 9.61 Å². The summed E-state index contributed by atoms with van der Waals surface area (Å²) in [6.07, 6.45) is 1.04. The molecule has 0 saturated carbocycles. The number of fused-ring (bicyclic) bond motifs is 2. The Labute approximate surface area is 170 Å². The third-order valence-electron chi connectivity index (χ3n) is 5.70. The number of aromatic nitrogens is 3. The van der Waals surface area contributed by atoms with Crippen LogP contribution in [-0.4, -0.2) is 28.3 Å². The van der Waals surface area contributed by atoms with E-state index in [4.69, 9.17) is 14.8 Å². The minimum absolute atomic E-state index is 0.835. The van der Waals surface area contributed by atoms with Crippen molar-refractivity contribution in [3.8, 4) is 16.9 Å². The molecule has 1 aliphatic heterocycles. The van der Waals surface area contributed by atoms with Crippen LogP contribution in [0.5, 0.6) is 5.75 Å². The summed E-state index contributed by atoms with van der Waals surface area (Å²) in [6, 6.07) is 18.9. The van der Waals surface area contributed by atoms with Gasteiger partial charge in [0.25, 0.3) is 0 Å². The van der Waals surface area contributed by atoms with Gasteiger partial charge in [-0.25, -0.2) is 4.98 Å². The molecule has 0 spiro atoms. The first-order valence-electron chi connectivity index (χ1n) is 9.98. The van der Waals surface area contributed by atoms with E-state index in [0.29, 0.717) is 0 Å². The number of aryl methyl sites for hydroxylation is 2. The number of hydrogen-bond acceptors (Lipinski definition) is 4. The van der Waals surface area contributed by atoms with Gasteiger partial charge in [-0.1, -0.05) is 42.5 Å². The normalized spacial score (nSPS) is 13.6. The van der Waals surface area contributed by atoms with E-state index >= 15 is 0 Å². The van der Waals surface area contributed by atoms with E-state index in [2.05, 4.69) is 48.2 Å². The minimum atomic E-state index is 0.835. The molecular weight excluding hydrogens is 360 g/mol. The number of anilines is 1. The fourth-order valence-electron chi connectivity index (χ4n) is 4.31. The first kappa shape index (κ1) is 17.7. The maximum atomic E-state index is 5.61. The quantitative estimate of drug-likeness (QED) is 0.518. The van der Waals surface area contributed by atoms with Gasteiger partial charge in [0.2, 0.25) is 0 Å². The SMILES string of the molecule is COc1ccccc1-c1c(C)nn2c(N3CCc4ccccc4C3)cc(C)nc12. The molecule has 2 aromatic carbocycles. The van der Waals surface area contributed by atoms with Crippen molar-refractivity contribution in [2.75, 3.05) is 18.6 Å². The lowest BCUT2D eigenvalue weighted by Gasteiger charge is -2.30. The predicted octanol–water partition coefficient (Wildman–Crippen LogP) is 4.58. The molecule has 29 heavy (non-hydrogen) atoms. The highest BCUT2D eigenvalue weighted by Crippen LogP contribution is 2.36. The Morgan fingerprint density at radius 1 is 0.966 bits per heavy atom. The molecule has 1 aliphatic rings. The second-order valence-electron chi connectivity index (χ2n) is 7.59. The standard InChI is InChI=1S/C24H24N4O/c1-16-14-22(27-13-12-18-8-4-5-9-19(18)15-27)28-24(25-16)23(17(2)26-28)20-10-6-7-11-21(20)29-3/h4-11,14H,12-13,15H2,1-3H3. The maximum Gasteiger partial charge on any atom is 0.165 e. The molecule has 0 saturated heterocycles. The molecule has 146 valence electrons. The van der Waals surface area contributed by atoms with Crippen LogP contribution in [0.4, 0.5) is 5.82 Å². The summed E-state index contributed by atoms with van der Waals surface area (Å²) >= 11 is 0. The van der Waals surface area contributed by atoms with Crippen LogP contribution in [0.25, 0.3) is 16.8 Å². The van der Waals surface area contributed by atoms with Gasteiger partial charge in [-0.05, 0) is 37.5 Å². The summed E-state index contributed by atoms with van der Waals surface area (Å²) in [5.41, 5.74) is 7.70. The summed E-state index contributed by atoms with van der Waals surface area (Å²) in [4.78, 5) is 7.27. The Hall–Kier alpha value is -3.34. The first-order chi connectivity index (χ1) is 14.2. The number of methoxy groups -OCH3 is 1. The molecular formula is C24H24N4O. The summed E-state index contributed by atoms with van der Waals surface area (Å²) in [7, 11) is 1.70. The van der Waals surface area contributed by atoms with Gasteiger partial charge in [0.1, 0.15) is 11.6 Å². The zero-order chi connectivity index (χ0) is 20.0. The van der Waals surface area contributed by atoms with Gasteiger partial charge in [0.15, 0.2) is 5.65 Å². The molecule has 5 heteroatoms. The van der Waals surface area contributed by atoms with E-state index in [1.54, 1.807) is 7.11 Å². The summed E-state index contributed by atoms with van der Waals surface area (Å²) in [5.74, 6) is 1.92. The summed E-state index contributed by atoms with van der Waals surface area (Å²) in [5, 5.41) is 4.89. The van der Waals surface area contributed by atoms with Crippen molar-refractivity contribution in [1.82, 2.24) is 14.6 Å². The Morgan fingerprint density at radius 3 is 2.55 bits per heavy atom. The first-order valence-corrected chi connectivity index (χ1v) is 9.98. The highest BCUT2D eigenvalue weighted by Gasteiger charge is 2.23. The Bertz CT molecular complexity index is 1210. The van der Waals surface area contributed by atoms with Gasteiger partial charge >= 0.3 is 0 Å². The fourth-order valence-corrected chi connectivity index (χ4v) is 4.31. The van der Waals surface area contributed by atoms with Crippen molar-refractivity contribution in [2.45, 2.75) is 26.8 Å². The number of para-hydroxylation sites is 1. The lowest BCUT2D eigenvalue weighted by molar-refractivity contribution is 0.416. The molecule has 0 fully saturated rings. The third-order valence-corrected chi connectivity index (χ3v) is 5.70. The molecule has 5 rings (SSSR count). The second-order valence-corrected chi connectivity index (χ2v) is 7.59. The molecule has 0 aliphatic carbocycles. The summed E-state index contributed by atoms with van der Waals surface area (Å²) < 4.78 is 7.61. The molecule has 0 bridgehead atoms. The van der Waals surface area contributed by atoms with Crippen LogP contribution in [0, 0.1) is 13.8 Å². The third kappa shape index (κ3) is 2.94. The van der Waals surface area contributed by atoms with E-state index < -0.39 is 0 Å². The molecule has 0 unspecified atom stereocenters. The smallest absolute Gasteiger partial charge is 0.165 e. The van der Waals surface area contributed by atoms with Crippen LogP contribution in [0.1, 0.15) is 22.5 Å². The minimum Gasteiger partial charge on any atom is -0.496 e. The van der Waals surface area contributed by atoms with Crippen molar-refractivity contribution in [3.05, 3.63) is 77.1 Å². The molecule has 0 atom stereocenters. The maximum absolute atomic E-state index is 5.61. The number of hydrogen-bond donors (Lipinski definition) is 0. The van der Waals surface area contributed by atoms with Crippen LogP contribution in [0.2, 0.25) is 0 Å². The van der Waals surface area contributed by atoms with E-state index in [1.165, 1.54) is 11.1 Å². The fraction of sp³-hybridized carbons (Fsp3) is 0.250. The van der Waals surface area contributed by atoms with Crippen molar-refractivity contribution < 1.29 is 4.74 Å². The van der Waals surface area contributed by atoms with E-state index in [9.17, 15) is 0 Å². The molecule has 2 aromatic heterocycles. The predicted molar refractivity (Wildman–Crippen MR) is 116 cm³/mol. The molecule has 4 aromatic rings. The molecule has 0 radical (unpaired) electrons. The Morgan fingerprint density at radius 2 is 1.72 bits per heavy atom. The monoisotopic (exact) mass is 384 g/mol. The molecule has 5 nitrogen and oxygen atoms in total. The van der Waals surface area contributed by atoms with Gasteiger partial charge < -0.3 is 9.64 Å².